The molecule has 6 rings (SSSR count). The van der Waals surface area contributed by atoms with Crippen LogP contribution in [-0.4, -0.2) is 40.5 Å². The molecule has 2 amide bonds. The van der Waals surface area contributed by atoms with Gasteiger partial charge >= 0.3 is 0 Å². The number of imide groups is 1. The highest BCUT2D eigenvalue weighted by Crippen LogP contribution is 2.53. The molecule has 35 heavy (non-hydrogen) atoms. The van der Waals surface area contributed by atoms with Gasteiger partial charge in [0.1, 0.15) is 11.8 Å². The topological polar surface area (TPSA) is 66.9 Å². The minimum atomic E-state index is -0.741. The van der Waals surface area contributed by atoms with E-state index in [-0.39, 0.29) is 30.2 Å². The Balaban J connectivity index is 1.42. The van der Waals surface area contributed by atoms with Crippen molar-refractivity contribution in [2.75, 3.05) is 7.11 Å². The van der Waals surface area contributed by atoms with E-state index in [0.29, 0.717) is 11.3 Å². The summed E-state index contributed by atoms with van der Waals surface area (Å²) in [6.45, 7) is 0.172. The summed E-state index contributed by atoms with van der Waals surface area (Å²) in [6, 6.07) is 23.1. The lowest BCUT2D eigenvalue weighted by Gasteiger charge is -2.35. The number of fused-ring (bicyclic) bond motifs is 5. The quantitative estimate of drug-likeness (QED) is 0.420. The molecule has 0 radical (unpaired) electrons. The fourth-order valence-electron chi connectivity index (χ4n) is 5.76. The minimum Gasteiger partial charge on any atom is -0.497 e. The first kappa shape index (κ1) is 21.4. The fraction of sp³-hybridized carbons (Fsp3) is 0.207. The van der Waals surface area contributed by atoms with Crippen LogP contribution in [0.2, 0.25) is 0 Å². The summed E-state index contributed by atoms with van der Waals surface area (Å²) < 4.78 is 5.22. The van der Waals surface area contributed by atoms with Crippen molar-refractivity contribution in [2.24, 2.45) is 11.8 Å². The summed E-state index contributed by atoms with van der Waals surface area (Å²) in [6.07, 6.45) is 3.84. The summed E-state index contributed by atoms with van der Waals surface area (Å²) in [5.41, 5.74) is 3.35. The maximum Gasteiger partial charge on any atom is 0.236 e. The van der Waals surface area contributed by atoms with Crippen LogP contribution >= 0.6 is 0 Å². The van der Waals surface area contributed by atoms with Gasteiger partial charge in [0.25, 0.3) is 0 Å². The van der Waals surface area contributed by atoms with Crippen LogP contribution in [0.15, 0.2) is 85.1 Å². The standard InChI is InChI=1S/C29H24N2O4/c1-35-21-13-11-18(12-14-21)17-31-28(33)23-24(29(31)34)26(27(32)20-8-3-2-4-9-20)30-16-15-19-7-5-6-10-22(19)25(23)30/h2-16,23-26H,17H2,1H3/t23-,24+,25-,26-/m0/s1. The molecule has 6 heteroatoms. The molecule has 3 aliphatic heterocycles. The van der Waals surface area contributed by atoms with Crippen LogP contribution in [0.25, 0.3) is 6.08 Å². The van der Waals surface area contributed by atoms with Crippen molar-refractivity contribution in [3.05, 3.63) is 107 Å². The van der Waals surface area contributed by atoms with E-state index in [9.17, 15) is 14.4 Å². The molecule has 2 fully saturated rings. The molecule has 0 N–H and O–H groups in total. The molecule has 4 atom stereocenters. The van der Waals surface area contributed by atoms with Crippen molar-refractivity contribution >= 4 is 23.7 Å². The number of benzene rings is 3. The zero-order chi connectivity index (χ0) is 24.1. The van der Waals surface area contributed by atoms with Crippen LogP contribution in [0.3, 0.4) is 0 Å². The van der Waals surface area contributed by atoms with E-state index in [2.05, 4.69) is 0 Å². The molecule has 0 saturated carbocycles. The molecule has 0 aliphatic carbocycles. The van der Waals surface area contributed by atoms with Crippen molar-refractivity contribution in [1.29, 1.82) is 0 Å². The van der Waals surface area contributed by atoms with Crippen LogP contribution in [0.4, 0.5) is 0 Å². The highest BCUT2D eigenvalue weighted by Gasteiger charge is 2.64. The highest BCUT2D eigenvalue weighted by atomic mass is 16.5. The van der Waals surface area contributed by atoms with Gasteiger partial charge < -0.3 is 9.64 Å². The van der Waals surface area contributed by atoms with Gasteiger partial charge in [-0.05, 0) is 34.9 Å². The van der Waals surface area contributed by atoms with Gasteiger partial charge in [-0.1, -0.05) is 66.7 Å². The summed E-state index contributed by atoms with van der Waals surface area (Å²) >= 11 is 0. The third kappa shape index (κ3) is 3.28. The second kappa shape index (κ2) is 8.24. The van der Waals surface area contributed by atoms with Crippen molar-refractivity contribution in [3.8, 4) is 5.75 Å². The van der Waals surface area contributed by atoms with Crippen LogP contribution < -0.4 is 4.74 Å². The van der Waals surface area contributed by atoms with Gasteiger partial charge in [0, 0.05) is 11.8 Å². The van der Waals surface area contributed by atoms with E-state index in [0.717, 1.165) is 16.7 Å². The Hall–Kier alpha value is -4.19. The van der Waals surface area contributed by atoms with E-state index in [1.807, 2.05) is 83.9 Å². The molecular formula is C29H24N2O4. The molecule has 0 bridgehead atoms. The Bertz CT molecular complexity index is 1350. The Kier molecular flexibility index (Phi) is 5.02. The van der Waals surface area contributed by atoms with Gasteiger partial charge in [0.05, 0.1) is 31.5 Å². The average Bonchev–Trinajstić information content (AvgIpc) is 3.37. The van der Waals surface area contributed by atoms with Crippen LogP contribution in [-0.2, 0) is 16.1 Å². The second-order valence-corrected chi connectivity index (χ2v) is 9.17. The first-order chi connectivity index (χ1) is 17.1. The molecule has 6 nitrogen and oxygen atoms in total. The third-order valence-electron chi connectivity index (χ3n) is 7.38. The molecule has 3 heterocycles. The fourth-order valence-corrected chi connectivity index (χ4v) is 5.76. The molecule has 3 aromatic rings. The van der Waals surface area contributed by atoms with E-state index in [1.165, 1.54) is 4.90 Å². The van der Waals surface area contributed by atoms with Gasteiger partial charge in [-0.2, -0.15) is 0 Å². The van der Waals surface area contributed by atoms with E-state index >= 15 is 0 Å². The van der Waals surface area contributed by atoms with Gasteiger partial charge in [0.2, 0.25) is 11.8 Å². The Morgan fingerprint density at radius 2 is 1.54 bits per heavy atom. The monoisotopic (exact) mass is 464 g/mol. The van der Waals surface area contributed by atoms with E-state index in [1.54, 1.807) is 19.2 Å². The van der Waals surface area contributed by atoms with E-state index in [4.69, 9.17) is 4.74 Å². The predicted molar refractivity (Wildman–Crippen MR) is 130 cm³/mol. The average molecular weight is 465 g/mol. The molecular weight excluding hydrogens is 440 g/mol. The minimum absolute atomic E-state index is 0.139. The largest absolute Gasteiger partial charge is 0.497 e. The van der Waals surface area contributed by atoms with Gasteiger partial charge in [-0.15, -0.1) is 0 Å². The molecule has 174 valence electrons. The molecule has 0 unspecified atom stereocenters. The van der Waals surface area contributed by atoms with Gasteiger partial charge in [0.15, 0.2) is 5.78 Å². The predicted octanol–water partition coefficient (Wildman–Crippen LogP) is 4.09. The zero-order valence-electron chi connectivity index (χ0n) is 19.2. The van der Waals surface area contributed by atoms with Crippen LogP contribution in [0.1, 0.15) is 33.1 Å². The Morgan fingerprint density at radius 1 is 0.857 bits per heavy atom. The Labute approximate surface area is 203 Å². The number of carbonyl (C=O) groups excluding carboxylic acids is 3. The molecule has 2 saturated heterocycles. The summed E-state index contributed by atoms with van der Waals surface area (Å²) in [5.74, 6) is -1.30. The summed E-state index contributed by atoms with van der Waals surface area (Å²) in [4.78, 5) is 44.7. The molecule has 3 aliphatic rings. The normalized spacial score (nSPS) is 24.3. The summed E-state index contributed by atoms with van der Waals surface area (Å²) in [5, 5.41) is 0. The molecule has 0 spiro atoms. The third-order valence-corrected chi connectivity index (χ3v) is 7.38. The van der Waals surface area contributed by atoms with E-state index < -0.39 is 17.9 Å². The van der Waals surface area contributed by atoms with Crippen molar-refractivity contribution in [3.63, 3.8) is 0 Å². The lowest BCUT2D eigenvalue weighted by molar-refractivity contribution is -0.142. The van der Waals surface area contributed by atoms with Crippen molar-refractivity contribution < 1.29 is 19.1 Å². The van der Waals surface area contributed by atoms with Gasteiger partial charge in [-0.25, -0.2) is 0 Å². The lowest BCUT2D eigenvalue weighted by atomic mass is 9.83. The number of hydrogen-bond acceptors (Lipinski definition) is 5. The second-order valence-electron chi connectivity index (χ2n) is 9.17. The van der Waals surface area contributed by atoms with Crippen LogP contribution in [0.5, 0.6) is 5.75 Å². The highest BCUT2D eigenvalue weighted by molar-refractivity contribution is 6.12. The SMILES string of the molecule is COc1ccc(CN2C(=O)[C@@H]3[C@H](C2=O)[C@@H]2c4ccccc4C=CN2[C@@H]3C(=O)c2ccccc2)cc1. The Morgan fingerprint density at radius 3 is 2.29 bits per heavy atom. The number of likely N-dealkylation sites (tertiary alicyclic amines) is 1. The number of hydrogen-bond donors (Lipinski definition) is 0. The maximum atomic E-state index is 13.8. The van der Waals surface area contributed by atoms with Crippen LogP contribution in [0, 0.1) is 11.8 Å². The maximum absolute atomic E-state index is 13.8. The number of amides is 2. The summed E-state index contributed by atoms with van der Waals surface area (Å²) in [7, 11) is 1.59. The smallest absolute Gasteiger partial charge is 0.236 e. The van der Waals surface area contributed by atoms with Crippen molar-refractivity contribution in [1.82, 2.24) is 9.80 Å². The first-order valence-corrected chi connectivity index (χ1v) is 11.7. The molecule has 0 aromatic heterocycles. The number of nitrogens with zero attached hydrogens (tertiary/aromatic N) is 2. The number of carbonyl (C=O) groups is 3. The van der Waals surface area contributed by atoms with Crippen molar-refractivity contribution in [2.45, 2.75) is 18.6 Å². The number of Topliss-reactive ketones (excluding diaryl/α,β-unsaturated/α-hetero) is 1. The number of ether oxygens (including phenoxy) is 1. The number of rotatable bonds is 5. The lowest BCUT2D eigenvalue weighted by Crippen LogP contribution is -2.44. The number of methoxy groups -OCH3 is 1. The van der Waals surface area contributed by atoms with Gasteiger partial charge in [-0.3, -0.25) is 19.3 Å². The zero-order valence-corrected chi connectivity index (χ0v) is 19.2. The molecule has 3 aromatic carbocycles. The number of ketones is 1. The first-order valence-electron chi connectivity index (χ1n) is 11.7.